The number of amides is 1. The average Bonchev–Trinajstić information content (AvgIpc) is 2.41. The van der Waals surface area contributed by atoms with Gasteiger partial charge in [0.15, 0.2) is 0 Å². The maximum atomic E-state index is 11.6. The number of hydrogen-bond donors (Lipinski definition) is 1. The van der Waals surface area contributed by atoms with Crippen molar-refractivity contribution in [3.8, 4) is 0 Å². The Labute approximate surface area is 85.6 Å². The Morgan fingerprint density at radius 1 is 1.57 bits per heavy atom. The number of carbonyl (C=O) groups excluding carboxylic acids is 1. The molecular formula is C10H20N2O2. The van der Waals surface area contributed by atoms with Crippen LogP contribution < -0.4 is 5.32 Å². The molecule has 1 rings (SSSR count). The number of hydrogen-bond acceptors (Lipinski definition) is 3. The van der Waals surface area contributed by atoms with E-state index in [1.165, 1.54) is 0 Å². The van der Waals surface area contributed by atoms with Gasteiger partial charge in [0.2, 0.25) is 5.91 Å². The van der Waals surface area contributed by atoms with Crippen molar-refractivity contribution in [2.75, 3.05) is 26.8 Å². The average molecular weight is 200 g/mol. The Morgan fingerprint density at radius 2 is 2.29 bits per heavy atom. The van der Waals surface area contributed by atoms with Crippen molar-refractivity contribution in [1.29, 1.82) is 0 Å². The summed E-state index contributed by atoms with van der Waals surface area (Å²) in [7, 11) is 1.67. The third-order valence-electron chi connectivity index (χ3n) is 2.59. The van der Waals surface area contributed by atoms with Crippen molar-refractivity contribution in [1.82, 2.24) is 10.2 Å². The lowest BCUT2D eigenvalue weighted by Gasteiger charge is -2.31. The van der Waals surface area contributed by atoms with Crippen LogP contribution in [0.3, 0.4) is 0 Å². The highest BCUT2D eigenvalue weighted by Gasteiger charge is 2.28. The van der Waals surface area contributed by atoms with Crippen LogP contribution >= 0.6 is 0 Å². The summed E-state index contributed by atoms with van der Waals surface area (Å²) < 4.78 is 5.41. The second-order valence-corrected chi connectivity index (χ2v) is 3.89. The zero-order valence-electron chi connectivity index (χ0n) is 9.25. The van der Waals surface area contributed by atoms with E-state index in [2.05, 4.69) is 24.1 Å². The summed E-state index contributed by atoms with van der Waals surface area (Å²) in [6.45, 7) is 6.44. The smallest absolute Gasteiger partial charge is 0.239 e. The van der Waals surface area contributed by atoms with Crippen LogP contribution in [0.1, 0.15) is 20.3 Å². The second kappa shape index (κ2) is 5.32. The van der Waals surface area contributed by atoms with Gasteiger partial charge in [0.1, 0.15) is 6.04 Å². The maximum Gasteiger partial charge on any atom is 0.239 e. The van der Waals surface area contributed by atoms with Gasteiger partial charge in [-0.3, -0.25) is 9.69 Å². The first kappa shape index (κ1) is 11.5. The lowest BCUT2D eigenvalue weighted by molar-refractivity contribution is -0.128. The van der Waals surface area contributed by atoms with Crippen LogP contribution in [-0.4, -0.2) is 49.7 Å². The Morgan fingerprint density at radius 3 is 2.86 bits per heavy atom. The molecule has 14 heavy (non-hydrogen) atoms. The molecule has 0 aromatic rings. The Kier molecular flexibility index (Phi) is 4.35. The van der Waals surface area contributed by atoms with Crippen molar-refractivity contribution < 1.29 is 9.53 Å². The summed E-state index contributed by atoms with van der Waals surface area (Å²) in [5.74, 6) is 0.0561. The molecule has 0 aliphatic carbocycles. The molecule has 1 saturated heterocycles. The van der Waals surface area contributed by atoms with Crippen LogP contribution in [0.25, 0.3) is 0 Å². The summed E-state index contributed by atoms with van der Waals surface area (Å²) in [5, 5.41) is 2.69. The Hall–Kier alpha value is -0.610. The fourth-order valence-electron chi connectivity index (χ4n) is 1.81. The van der Waals surface area contributed by atoms with E-state index in [4.69, 9.17) is 4.74 Å². The van der Waals surface area contributed by atoms with Crippen molar-refractivity contribution in [2.24, 2.45) is 0 Å². The van der Waals surface area contributed by atoms with Crippen LogP contribution in [0.15, 0.2) is 0 Å². The Bertz CT molecular complexity index is 195. The first-order valence-corrected chi connectivity index (χ1v) is 5.22. The van der Waals surface area contributed by atoms with Crippen LogP contribution in [0, 0.1) is 0 Å². The van der Waals surface area contributed by atoms with Crippen LogP contribution in [0.2, 0.25) is 0 Å². The molecule has 0 bridgehead atoms. The molecule has 1 aliphatic rings. The highest BCUT2D eigenvalue weighted by molar-refractivity contribution is 5.81. The third-order valence-corrected chi connectivity index (χ3v) is 2.59. The summed E-state index contributed by atoms with van der Waals surface area (Å²) >= 11 is 0. The highest BCUT2D eigenvalue weighted by Crippen LogP contribution is 2.11. The highest BCUT2D eigenvalue weighted by atomic mass is 16.5. The number of rotatable bonds is 2. The molecule has 82 valence electrons. The molecule has 1 fully saturated rings. The van der Waals surface area contributed by atoms with E-state index in [0.29, 0.717) is 12.6 Å². The predicted octanol–water partition coefficient (Wildman–Crippen LogP) is 0.232. The zero-order valence-corrected chi connectivity index (χ0v) is 9.25. The molecule has 1 atom stereocenters. The van der Waals surface area contributed by atoms with Crippen molar-refractivity contribution in [3.05, 3.63) is 0 Å². The van der Waals surface area contributed by atoms with E-state index >= 15 is 0 Å². The fourth-order valence-corrected chi connectivity index (χ4v) is 1.81. The molecule has 1 heterocycles. The summed E-state index contributed by atoms with van der Waals surface area (Å²) in [6.07, 6.45) is 1.01. The monoisotopic (exact) mass is 200 g/mol. The molecule has 1 amide bonds. The van der Waals surface area contributed by atoms with Gasteiger partial charge in [-0.25, -0.2) is 0 Å². The predicted molar refractivity (Wildman–Crippen MR) is 55.1 cm³/mol. The lowest BCUT2D eigenvalue weighted by atomic mass is 10.2. The van der Waals surface area contributed by atoms with Gasteiger partial charge in [-0.2, -0.15) is 0 Å². The molecule has 0 aromatic heterocycles. The van der Waals surface area contributed by atoms with E-state index in [-0.39, 0.29) is 11.9 Å². The quantitative estimate of drug-likeness (QED) is 0.694. The van der Waals surface area contributed by atoms with Crippen LogP contribution in [0.4, 0.5) is 0 Å². The van der Waals surface area contributed by atoms with Gasteiger partial charge in [-0.15, -0.1) is 0 Å². The molecule has 4 heteroatoms. The molecule has 0 radical (unpaired) electrons. The van der Waals surface area contributed by atoms with Crippen molar-refractivity contribution >= 4 is 5.91 Å². The van der Waals surface area contributed by atoms with Gasteiger partial charge in [-0.05, 0) is 20.3 Å². The molecule has 0 saturated carbocycles. The van der Waals surface area contributed by atoms with Gasteiger partial charge in [-0.1, -0.05) is 0 Å². The largest absolute Gasteiger partial charge is 0.379 e. The van der Waals surface area contributed by atoms with Crippen LogP contribution in [0.5, 0.6) is 0 Å². The van der Waals surface area contributed by atoms with Gasteiger partial charge in [0.05, 0.1) is 6.61 Å². The molecule has 1 N–H and O–H groups in total. The standard InChI is InChI=1S/C10H20N2O2/c1-8(2)12-5-4-6-14-7-9(12)10(13)11-3/h8-9H,4-7H2,1-3H3,(H,11,13)/t9-/m0/s1. The SMILES string of the molecule is CNC(=O)[C@@H]1COCCCN1C(C)C. The summed E-state index contributed by atoms with van der Waals surface area (Å²) in [6, 6.07) is 0.265. The number of carbonyl (C=O) groups is 1. The normalized spacial score (nSPS) is 24.7. The first-order valence-electron chi connectivity index (χ1n) is 5.22. The molecule has 1 aliphatic heterocycles. The van der Waals surface area contributed by atoms with E-state index < -0.39 is 0 Å². The third kappa shape index (κ3) is 2.69. The molecule has 0 aromatic carbocycles. The van der Waals surface area contributed by atoms with Gasteiger partial charge >= 0.3 is 0 Å². The number of likely N-dealkylation sites (N-methyl/N-ethyl adjacent to an activating group) is 1. The molecule has 0 spiro atoms. The Balaban J connectivity index is 2.68. The molecular weight excluding hydrogens is 180 g/mol. The fraction of sp³-hybridized carbons (Fsp3) is 0.900. The minimum absolute atomic E-state index is 0.0561. The number of ether oxygens (including phenoxy) is 1. The maximum absolute atomic E-state index is 11.6. The van der Waals surface area contributed by atoms with Crippen molar-refractivity contribution in [3.63, 3.8) is 0 Å². The second-order valence-electron chi connectivity index (χ2n) is 3.89. The summed E-state index contributed by atoms with van der Waals surface area (Å²) in [4.78, 5) is 13.8. The van der Waals surface area contributed by atoms with E-state index in [1.807, 2.05) is 0 Å². The van der Waals surface area contributed by atoms with Gasteiger partial charge in [0, 0.05) is 26.2 Å². The zero-order chi connectivity index (χ0) is 10.6. The summed E-state index contributed by atoms with van der Waals surface area (Å²) in [5.41, 5.74) is 0. The van der Waals surface area contributed by atoms with Crippen molar-refractivity contribution in [2.45, 2.75) is 32.4 Å². The lowest BCUT2D eigenvalue weighted by Crippen LogP contribution is -2.50. The minimum atomic E-state index is -0.123. The van der Waals surface area contributed by atoms with E-state index in [0.717, 1.165) is 19.6 Å². The number of nitrogens with one attached hydrogen (secondary N) is 1. The van der Waals surface area contributed by atoms with Gasteiger partial charge in [0.25, 0.3) is 0 Å². The molecule has 0 unspecified atom stereocenters. The first-order chi connectivity index (χ1) is 6.66. The van der Waals surface area contributed by atoms with Gasteiger partial charge < -0.3 is 10.1 Å². The van der Waals surface area contributed by atoms with E-state index in [9.17, 15) is 4.79 Å². The van der Waals surface area contributed by atoms with E-state index in [1.54, 1.807) is 7.05 Å². The topological polar surface area (TPSA) is 41.6 Å². The minimum Gasteiger partial charge on any atom is -0.379 e. The number of nitrogens with zero attached hydrogens (tertiary/aromatic N) is 1. The molecule has 4 nitrogen and oxygen atoms in total. The van der Waals surface area contributed by atoms with Crippen LogP contribution in [-0.2, 0) is 9.53 Å².